The molecule has 3 heteroatoms. The summed E-state index contributed by atoms with van der Waals surface area (Å²) < 4.78 is 5.33. The van der Waals surface area contributed by atoms with Crippen LogP contribution >= 0.6 is 0 Å². The molecule has 1 aromatic carbocycles. The van der Waals surface area contributed by atoms with Crippen LogP contribution in [0.2, 0.25) is 0 Å². The number of hydrogen-bond acceptors (Lipinski definition) is 3. The molecule has 0 radical (unpaired) electrons. The van der Waals surface area contributed by atoms with Crippen LogP contribution in [0.3, 0.4) is 0 Å². The molecule has 0 saturated heterocycles. The molecule has 0 unspecified atom stereocenters. The van der Waals surface area contributed by atoms with Gasteiger partial charge in [0.05, 0.1) is 11.4 Å². The van der Waals surface area contributed by atoms with Crippen LogP contribution in [0.1, 0.15) is 30.7 Å². The van der Waals surface area contributed by atoms with E-state index in [1.54, 1.807) is 0 Å². The number of benzene rings is 1. The number of esters is 1. The first-order valence-corrected chi connectivity index (χ1v) is 6.46. The monoisotopic (exact) mass is 253 g/mol. The van der Waals surface area contributed by atoms with E-state index in [1.807, 2.05) is 36.4 Å². The molecule has 0 aliphatic heterocycles. The van der Waals surface area contributed by atoms with Gasteiger partial charge in [0.2, 0.25) is 0 Å². The van der Waals surface area contributed by atoms with E-state index in [-0.39, 0.29) is 12.1 Å². The molecule has 0 fully saturated rings. The van der Waals surface area contributed by atoms with E-state index in [1.165, 1.54) is 12.5 Å². The number of fused-ring (bicyclic) bond motifs is 1. The number of aromatic nitrogens is 1. The minimum Gasteiger partial charge on any atom is -0.456 e. The van der Waals surface area contributed by atoms with E-state index in [4.69, 9.17) is 4.74 Å². The van der Waals surface area contributed by atoms with E-state index in [2.05, 4.69) is 11.1 Å². The number of nitrogens with zero attached hydrogens (tertiary/aromatic N) is 1. The van der Waals surface area contributed by atoms with Gasteiger partial charge >= 0.3 is 5.97 Å². The Hall–Kier alpha value is -2.16. The first kappa shape index (κ1) is 11.9. The molecular weight excluding hydrogens is 238 g/mol. The Morgan fingerprint density at radius 3 is 2.74 bits per heavy atom. The van der Waals surface area contributed by atoms with Gasteiger partial charge in [-0.3, -0.25) is 4.79 Å². The van der Waals surface area contributed by atoms with Crippen molar-refractivity contribution in [1.82, 2.24) is 4.98 Å². The van der Waals surface area contributed by atoms with Crippen molar-refractivity contribution in [3.8, 4) is 11.3 Å². The van der Waals surface area contributed by atoms with E-state index in [0.29, 0.717) is 0 Å². The van der Waals surface area contributed by atoms with Gasteiger partial charge < -0.3 is 4.74 Å². The first-order valence-electron chi connectivity index (χ1n) is 6.46. The van der Waals surface area contributed by atoms with Gasteiger partial charge in [0, 0.05) is 12.5 Å². The van der Waals surface area contributed by atoms with E-state index >= 15 is 0 Å². The number of ether oxygens (including phenoxy) is 1. The first-order chi connectivity index (χ1) is 9.24. The third-order valence-corrected chi connectivity index (χ3v) is 3.37. The number of pyridine rings is 1. The van der Waals surface area contributed by atoms with E-state index in [0.717, 1.165) is 29.8 Å². The number of hydrogen-bond donors (Lipinski definition) is 0. The zero-order chi connectivity index (χ0) is 13.2. The smallest absolute Gasteiger partial charge is 0.303 e. The molecule has 3 nitrogen and oxygen atoms in total. The highest BCUT2D eigenvalue weighted by Crippen LogP contribution is 2.34. The van der Waals surface area contributed by atoms with Crippen LogP contribution in [-0.4, -0.2) is 11.0 Å². The maximum Gasteiger partial charge on any atom is 0.303 e. The zero-order valence-corrected chi connectivity index (χ0v) is 10.8. The summed E-state index contributed by atoms with van der Waals surface area (Å²) in [6.45, 7) is 1.44. The van der Waals surface area contributed by atoms with Gasteiger partial charge in [-0.05, 0) is 24.5 Å². The fourth-order valence-corrected chi connectivity index (χ4v) is 2.50. The molecule has 1 aromatic heterocycles. The molecule has 3 rings (SSSR count). The van der Waals surface area contributed by atoms with Gasteiger partial charge in [0.1, 0.15) is 6.10 Å². The van der Waals surface area contributed by atoms with Gasteiger partial charge in [-0.1, -0.05) is 36.4 Å². The third-order valence-electron chi connectivity index (χ3n) is 3.37. The van der Waals surface area contributed by atoms with Crippen LogP contribution in [-0.2, 0) is 16.0 Å². The summed E-state index contributed by atoms with van der Waals surface area (Å²) in [6, 6.07) is 14.2. The van der Waals surface area contributed by atoms with Crippen LogP contribution in [0, 0.1) is 0 Å². The maximum absolute atomic E-state index is 11.1. The summed E-state index contributed by atoms with van der Waals surface area (Å²) >= 11 is 0. The van der Waals surface area contributed by atoms with Crippen molar-refractivity contribution in [1.29, 1.82) is 0 Å². The molecule has 0 N–H and O–H groups in total. The Morgan fingerprint density at radius 1 is 1.21 bits per heavy atom. The Bertz CT molecular complexity index is 607. The average Bonchev–Trinajstić information content (AvgIpc) is 2.82. The summed E-state index contributed by atoms with van der Waals surface area (Å²) in [6.07, 6.45) is 1.58. The van der Waals surface area contributed by atoms with Crippen LogP contribution in [0.4, 0.5) is 0 Å². The summed E-state index contributed by atoms with van der Waals surface area (Å²) in [5.41, 5.74) is 4.11. The summed E-state index contributed by atoms with van der Waals surface area (Å²) in [4.78, 5) is 15.8. The lowest BCUT2D eigenvalue weighted by atomic mass is 10.1. The molecule has 0 amide bonds. The molecule has 0 saturated carbocycles. The van der Waals surface area contributed by atoms with Gasteiger partial charge in [-0.15, -0.1) is 0 Å². The highest BCUT2D eigenvalue weighted by molar-refractivity contribution is 5.66. The van der Waals surface area contributed by atoms with Gasteiger partial charge in [0.15, 0.2) is 0 Å². The lowest BCUT2D eigenvalue weighted by Gasteiger charge is -2.12. The third kappa shape index (κ3) is 2.36. The van der Waals surface area contributed by atoms with Crippen molar-refractivity contribution < 1.29 is 9.53 Å². The van der Waals surface area contributed by atoms with Crippen LogP contribution in [0.25, 0.3) is 11.3 Å². The Morgan fingerprint density at radius 2 is 2.00 bits per heavy atom. The second kappa shape index (κ2) is 4.84. The molecule has 1 heterocycles. The fraction of sp³-hybridized carbons (Fsp3) is 0.250. The lowest BCUT2D eigenvalue weighted by Crippen LogP contribution is -2.07. The highest BCUT2D eigenvalue weighted by Gasteiger charge is 2.26. The Kier molecular flexibility index (Phi) is 3.03. The molecule has 0 spiro atoms. The van der Waals surface area contributed by atoms with Crippen molar-refractivity contribution >= 4 is 5.97 Å². The van der Waals surface area contributed by atoms with Crippen molar-refractivity contribution in [2.75, 3.05) is 0 Å². The largest absolute Gasteiger partial charge is 0.456 e. The number of aryl methyl sites for hydroxylation is 1. The lowest BCUT2D eigenvalue weighted by molar-refractivity contribution is -0.146. The second-order valence-corrected chi connectivity index (χ2v) is 4.74. The van der Waals surface area contributed by atoms with Crippen LogP contribution < -0.4 is 0 Å². The molecule has 96 valence electrons. The van der Waals surface area contributed by atoms with Crippen LogP contribution in [0.15, 0.2) is 42.5 Å². The topological polar surface area (TPSA) is 39.2 Å². The number of rotatable bonds is 2. The summed E-state index contributed by atoms with van der Waals surface area (Å²) in [5.74, 6) is -0.246. The van der Waals surface area contributed by atoms with E-state index < -0.39 is 0 Å². The molecule has 2 aromatic rings. The normalized spacial score (nSPS) is 17.0. The Labute approximate surface area is 112 Å². The molecule has 1 aliphatic carbocycles. The zero-order valence-electron chi connectivity index (χ0n) is 10.8. The van der Waals surface area contributed by atoms with Gasteiger partial charge in [-0.2, -0.15) is 0 Å². The van der Waals surface area contributed by atoms with Crippen molar-refractivity contribution in [2.45, 2.75) is 25.9 Å². The van der Waals surface area contributed by atoms with Gasteiger partial charge in [0.25, 0.3) is 0 Å². The highest BCUT2D eigenvalue weighted by atomic mass is 16.5. The SMILES string of the molecule is CC(=O)O[C@@H]1CCc2ccc(-c3ccccc3)nc21. The predicted molar refractivity (Wildman–Crippen MR) is 72.5 cm³/mol. The standard InChI is InChI=1S/C16H15NO2/c1-11(18)19-15-10-8-13-7-9-14(17-16(13)15)12-5-3-2-4-6-12/h2-7,9,15H,8,10H2,1H3/t15-/m1/s1. The molecule has 1 atom stereocenters. The van der Waals surface area contributed by atoms with Crippen LogP contribution in [0.5, 0.6) is 0 Å². The maximum atomic E-state index is 11.1. The molecule has 19 heavy (non-hydrogen) atoms. The molecule has 0 bridgehead atoms. The number of carbonyl (C=O) groups excluding carboxylic acids is 1. The van der Waals surface area contributed by atoms with Crippen molar-refractivity contribution in [2.24, 2.45) is 0 Å². The number of carbonyl (C=O) groups is 1. The Balaban J connectivity index is 1.97. The second-order valence-electron chi connectivity index (χ2n) is 4.74. The summed E-state index contributed by atoms with van der Waals surface area (Å²) in [5, 5.41) is 0. The van der Waals surface area contributed by atoms with Gasteiger partial charge in [-0.25, -0.2) is 4.98 Å². The average molecular weight is 253 g/mol. The minimum absolute atomic E-state index is 0.184. The predicted octanol–water partition coefficient (Wildman–Crippen LogP) is 3.30. The minimum atomic E-state index is -0.246. The molecule has 1 aliphatic rings. The van der Waals surface area contributed by atoms with Crippen molar-refractivity contribution in [3.63, 3.8) is 0 Å². The van der Waals surface area contributed by atoms with Crippen molar-refractivity contribution in [3.05, 3.63) is 53.7 Å². The molecular formula is C16H15NO2. The fourth-order valence-electron chi connectivity index (χ4n) is 2.50. The quantitative estimate of drug-likeness (QED) is 0.771. The van der Waals surface area contributed by atoms with E-state index in [9.17, 15) is 4.79 Å². The summed E-state index contributed by atoms with van der Waals surface area (Å²) in [7, 11) is 0.